The number of carbonyl (C=O) groups is 2. The summed E-state index contributed by atoms with van der Waals surface area (Å²) in [7, 11) is 0. The van der Waals surface area contributed by atoms with Crippen LogP contribution >= 0.6 is 0 Å². The standard InChI is InChI=1S/C28H28O2/c1-17(2)19-11-5-7-13-21(19)25(22-14-8-6-12-20(22)18(3)4)26-27(29)23-15-9-10-16-24(23)28(26)30/h5-18,25-26H,1-4H3. The zero-order valence-corrected chi connectivity index (χ0v) is 18.1. The van der Waals surface area contributed by atoms with Gasteiger partial charge in [0.05, 0.1) is 5.92 Å². The fourth-order valence-corrected chi connectivity index (χ4v) is 4.84. The van der Waals surface area contributed by atoms with Crippen molar-refractivity contribution in [1.29, 1.82) is 0 Å². The molecule has 152 valence electrons. The van der Waals surface area contributed by atoms with E-state index in [9.17, 15) is 9.59 Å². The normalized spacial score (nSPS) is 14.2. The average molecular weight is 397 g/mol. The number of carbonyl (C=O) groups excluding carboxylic acids is 2. The van der Waals surface area contributed by atoms with E-state index in [2.05, 4.69) is 52.0 Å². The molecule has 30 heavy (non-hydrogen) atoms. The van der Waals surface area contributed by atoms with E-state index in [0.29, 0.717) is 23.0 Å². The Balaban J connectivity index is 1.98. The highest BCUT2D eigenvalue weighted by atomic mass is 16.2. The zero-order valence-electron chi connectivity index (χ0n) is 18.1. The highest BCUT2D eigenvalue weighted by molar-refractivity contribution is 6.27. The predicted molar refractivity (Wildman–Crippen MR) is 121 cm³/mol. The van der Waals surface area contributed by atoms with Crippen LogP contribution in [0.5, 0.6) is 0 Å². The van der Waals surface area contributed by atoms with E-state index in [1.165, 1.54) is 11.1 Å². The molecule has 4 rings (SSSR count). The third kappa shape index (κ3) is 3.31. The maximum absolute atomic E-state index is 13.5. The third-order valence-electron chi connectivity index (χ3n) is 6.26. The van der Waals surface area contributed by atoms with Crippen LogP contribution in [-0.2, 0) is 0 Å². The molecule has 0 radical (unpaired) electrons. The van der Waals surface area contributed by atoms with Gasteiger partial charge in [-0.05, 0) is 34.1 Å². The lowest BCUT2D eigenvalue weighted by atomic mass is 9.73. The minimum absolute atomic E-state index is 0.0577. The van der Waals surface area contributed by atoms with Crippen molar-refractivity contribution >= 4 is 11.6 Å². The van der Waals surface area contributed by atoms with Crippen molar-refractivity contribution in [2.24, 2.45) is 5.92 Å². The van der Waals surface area contributed by atoms with E-state index in [1.807, 2.05) is 36.4 Å². The van der Waals surface area contributed by atoms with E-state index in [4.69, 9.17) is 0 Å². The van der Waals surface area contributed by atoms with E-state index < -0.39 is 5.92 Å². The van der Waals surface area contributed by atoms with Gasteiger partial charge in [-0.15, -0.1) is 0 Å². The first kappa shape index (κ1) is 20.3. The summed E-state index contributed by atoms with van der Waals surface area (Å²) < 4.78 is 0. The van der Waals surface area contributed by atoms with Crippen LogP contribution in [0.4, 0.5) is 0 Å². The molecule has 0 saturated heterocycles. The smallest absolute Gasteiger partial charge is 0.175 e. The lowest BCUT2D eigenvalue weighted by Crippen LogP contribution is -2.27. The number of ketones is 2. The third-order valence-corrected chi connectivity index (χ3v) is 6.26. The summed E-state index contributed by atoms with van der Waals surface area (Å²) in [4.78, 5) is 27.1. The number of rotatable bonds is 5. The van der Waals surface area contributed by atoms with Crippen LogP contribution in [0.2, 0.25) is 0 Å². The SMILES string of the molecule is CC(C)c1ccccc1C(c1ccccc1C(C)C)C1C(=O)c2ccccc2C1=O. The van der Waals surface area contributed by atoms with Crippen LogP contribution in [0.15, 0.2) is 72.8 Å². The van der Waals surface area contributed by atoms with Gasteiger partial charge in [0.15, 0.2) is 11.6 Å². The molecule has 1 aliphatic rings. The van der Waals surface area contributed by atoms with E-state index in [1.54, 1.807) is 12.1 Å². The Morgan fingerprint density at radius 2 is 0.867 bits per heavy atom. The lowest BCUT2D eigenvalue weighted by molar-refractivity contribution is 0.0824. The molecule has 0 aromatic heterocycles. The van der Waals surface area contributed by atoms with Crippen LogP contribution in [0.3, 0.4) is 0 Å². The quantitative estimate of drug-likeness (QED) is 0.446. The van der Waals surface area contributed by atoms with Crippen LogP contribution in [0, 0.1) is 5.92 Å². The fourth-order valence-electron chi connectivity index (χ4n) is 4.84. The molecule has 3 aromatic rings. The fraction of sp³-hybridized carbons (Fsp3) is 0.286. The maximum atomic E-state index is 13.5. The number of benzene rings is 3. The Kier molecular flexibility index (Phi) is 5.42. The van der Waals surface area contributed by atoms with E-state index >= 15 is 0 Å². The first-order valence-electron chi connectivity index (χ1n) is 10.8. The van der Waals surface area contributed by atoms with Gasteiger partial charge >= 0.3 is 0 Å². The van der Waals surface area contributed by atoms with Crippen LogP contribution in [0.25, 0.3) is 0 Å². The number of hydrogen-bond donors (Lipinski definition) is 0. The Hall–Kier alpha value is -3.00. The molecule has 0 atom stereocenters. The number of hydrogen-bond acceptors (Lipinski definition) is 2. The van der Waals surface area contributed by atoms with Crippen molar-refractivity contribution in [1.82, 2.24) is 0 Å². The van der Waals surface area contributed by atoms with Gasteiger partial charge in [-0.25, -0.2) is 0 Å². The molecular weight excluding hydrogens is 368 g/mol. The molecule has 0 aliphatic heterocycles. The van der Waals surface area contributed by atoms with Gasteiger partial charge in [0, 0.05) is 17.0 Å². The molecule has 1 aliphatic carbocycles. The minimum Gasteiger partial charge on any atom is -0.293 e. The molecule has 0 heterocycles. The van der Waals surface area contributed by atoms with Crippen LogP contribution in [-0.4, -0.2) is 11.6 Å². The van der Waals surface area contributed by atoms with Gasteiger partial charge in [0.25, 0.3) is 0 Å². The highest BCUT2D eigenvalue weighted by Crippen LogP contribution is 2.44. The number of Topliss-reactive ketones (excluding diaryl/α,β-unsaturated/α-hetero) is 2. The second-order valence-electron chi connectivity index (χ2n) is 8.80. The van der Waals surface area contributed by atoms with Gasteiger partial charge in [0.2, 0.25) is 0 Å². The Bertz CT molecular complexity index is 1020. The van der Waals surface area contributed by atoms with Gasteiger partial charge in [0.1, 0.15) is 0 Å². The average Bonchev–Trinajstić information content (AvgIpc) is 3.00. The van der Waals surface area contributed by atoms with Gasteiger partial charge < -0.3 is 0 Å². The van der Waals surface area contributed by atoms with Gasteiger partial charge in [-0.1, -0.05) is 100 Å². The summed E-state index contributed by atoms with van der Waals surface area (Å²) >= 11 is 0. The van der Waals surface area contributed by atoms with Gasteiger partial charge in [-0.2, -0.15) is 0 Å². The molecule has 0 spiro atoms. The molecule has 0 bridgehead atoms. The zero-order chi connectivity index (χ0) is 21.4. The van der Waals surface area contributed by atoms with Crippen molar-refractivity contribution < 1.29 is 9.59 Å². The van der Waals surface area contributed by atoms with E-state index in [0.717, 1.165) is 11.1 Å². The molecule has 0 amide bonds. The molecule has 0 saturated carbocycles. The second kappa shape index (κ2) is 8.02. The summed E-state index contributed by atoms with van der Waals surface area (Å²) in [6.45, 7) is 8.66. The summed E-state index contributed by atoms with van der Waals surface area (Å²) in [5.74, 6) is -0.542. The summed E-state index contributed by atoms with van der Waals surface area (Å²) in [6, 6.07) is 23.8. The van der Waals surface area contributed by atoms with Crippen molar-refractivity contribution in [2.75, 3.05) is 0 Å². The predicted octanol–water partition coefficient (Wildman–Crippen LogP) is 6.76. The van der Waals surface area contributed by atoms with Crippen molar-refractivity contribution in [3.8, 4) is 0 Å². The molecule has 0 unspecified atom stereocenters. The largest absolute Gasteiger partial charge is 0.293 e. The topological polar surface area (TPSA) is 34.1 Å². The Morgan fingerprint density at radius 3 is 1.23 bits per heavy atom. The molecule has 3 aromatic carbocycles. The van der Waals surface area contributed by atoms with Crippen molar-refractivity contribution in [3.05, 3.63) is 106 Å². The summed E-state index contributed by atoms with van der Waals surface area (Å²) in [6.07, 6.45) is 0. The first-order valence-corrected chi connectivity index (χ1v) is 10.8. The van der Waals surface area contributed by atoms with Crippen molar-refractivity contribution in [3.63, 3.8) is 0 Å². The molecular formula is C28H28O2. The van der Waals surface area contributed by atoms with Crippen LogP contribution in [0.1, 0.15) is 88.4 Å². The lowest BCUT2D eigenvalue weighted by Gasteiger charge is -2.29. The Morgan fingerprint density at radius 1 is 0.533 bits per heavy atom. The molecule has 2 heteroatoms. The minimum atomic E-state index is -0.720. The van der Waals surface area contributed by atoms with Gasteiger partial charge in [-0.3, -0.25) is 9.59 Å². The summed E-state index contributed by atoms with van der Waals surface area (Å²) in [5.41, 5.74) is 5.67. The monoisotopic (exact) mass is 396 g/mol. The highest BCUT2D eigenvalue weighted by Gasteiger charge is 2.45. The van der Waals surface area contributed by atoms with E-state index in [-0.39, 0.29) is 17.5 Å². The molecule has 0 fully saturated rings. The molecule has 0 N–H and O–H groups in total. The summed E-state index contributed by atoms with van der Waals surface area (Å²) in [5, 5.41) is 0. The maximum Gasteiger partial charge on any atom is 0.175 e. The second-order valence-corrected chi connectivity index (χ2v) is 8.80. The first-order chi connectivity index (χ1) is 14.4. The van der Waals surface area contributed by atoms with Crippen LogP contribution < -0.4 is 0 Å². The number of fused-ring (bicyclic) bond motifs is 1. The Labute approximate surface area is 179 Å². The molecule has 2 nitrogen and oxygen atoms in total. The van der Waals surface area contributed by atoms with Crippen molar-refractivity contribution in [2.45, 2.75) is 45.4 Å².